The van der Waals surface area contributed by atoms with Gasteiger partial charge in [0.1, 0.15) is 5.82 Å². The Morgan fingerprint density at radius 3 is 2.50 bits per heavy atom. The van der Waals surface area contributed by atoms with E-state index in [-0.39, 0.29) is 13.0 Å². The van der Waals surface area contributed by atoms with Crippen LogP contribution in [-0.4, -0.2) is 6.54 Å². The lowest BCUT2D eigenvalue weighted by atomic mass is 10.1. The van der Waals surface area contributed by atoms with Crippen molar-refractivity contribution in [2.75, 3.05) is 6.54 Å². The molecule has 0 spiro atoms. The predicted octanol–water partition coefficient (Wildman–Crippen LogP) is 3.70. The Balaban J connectivity index is 2.87. The zero-order chi connectivity index (χ0) is 12.2. The van der Waals surface area contributed by atoms with Crippen LogP contribution in [0.1, 0.15) is 11.1 Å². The van der Waals surface area contributed by atoms with Crippen LogP contribution in [0.15, 0.2) is 23.3 Å². The molecule has 0 aliphatic carbocycles. The minimum atomic E-state index is -4.69. The summed E-state index contributed by atoms with van der Waals surface area (Å²) in [7, 11) is 0. The van der Waals surface area contributed by atoms with E-state index in [2.05, 4.69) is 10.0 Å². The SMILES string of the molecule is [N-]=[N+]=NCCc1ccc(C(F)(F)F)c(F)c1. The van der Waals surface area contributed by atoms with Crippen molar-refractivity contribution in [3.05, 3.63) is 45.6 Å². The highest BCUT2D eigenvalue weighted by Gasteiger charge is 2.33. The Labute approximate surface area is 88.3 Å². The minimum Gasteiger partial charge on any atom is -0.206 e. The summed E-state index contributed by atoms with van der Waals surface area (Å²) in [6, 6.07) is 2.65. The van der Waals surface area contributed by atoms with Gasteiger partial charge in [-0.3, -0.25) is 0 Å². The van der Waals surface area contributed by atoms with Crippen molar-refractivity contribution >= 4 is 0 Å². The van der Waals surface area contributed by atoms with E-state index in [1.807, 2.05) is 0 Å². The Kier molecular flexibility index (Phi) is 3.73. The third kappa shape index (κ3) is 3.13. The van der Waals surface area contributed by atoms with Crippen LogP contribution in [0, 0.1) is 5.82 Å². The Bertz CT molecular complexity index is 421. The number of hydrogen-bond donors (Lipinski definition) is 0. The molecule has 0 amide bonds. The fourth-order valence-corrected chi connectivity index (χ4v) is 1.17. The molecule has 0 atom stereocenters. The molecule has 1 aromatic carbocycles. The van der Waals surface area contributed by atoms with Gasteiger partial charge in [-0.15, -0.1) is 0 Å². The third-order valence-electron chi connectivity index (χ3n) is 1.90. The van der Waals surface area contributed by atoms with Crippen LogP contribution in [-0.2, 0) is 12.6 Å². The number of nitrogens with zero attached hydrogens (tertiary/aromatic N) is 3. The molecule has 1 aromatic rings. The number of azide groups is 1. The van der Waals surface area contributed by atoms with E-state index in [0.29, 0.717) is 11.6 Å². The maximum absolute atomic E-state index is 13.0. The monoisotopic (exact) mass is 233 g/mol. The second-order valence-electron chi connectivity index (χ2n) is 3.02. The van der Waals surface area contributed by atoms with Gasteiger partial charge in [0, 0.05) is 11.5 Å². The normalized spacial score (nSPS) is 11.0. The second kappa shape index (κ2) is 4.85. The first-order valence-electron chi connectivity index (χ1n) is 4.31. The molecule has 0 N–H and O–H groups in total. The number of alkyl halides is 3. The summed E-state index contributed by atoms with van der Waals surface area (Å²) >= 11 is 0. The van der Waals surface area contributed by atoms with Crippen molar-refractivity contribution in [3.8, 4) is 0 Å². The van der Waals surface area contributed by atoms with Gasteiger partial charge in [-0.05, 0) is 29.6 Å². The number of halogens is 4. The Morgan fingerprint density at radius 1 is 1.31 bits per heavy atom. The molecule has 0 unspecified atom stereocenters. The van der Waals surface area contributed by atoms with Gasteiger partial charge in [-0.2, -0.15) is 13.2 Å². The van der Waals surface area contributed by atoms with E-state index in [0.717, 1.165) is 6.07 Å². The van der Waals surface area contributed by atoms with Gasteiger partial charge in [0.25, 0.3) is 0 Å². The summed E-state index contributed by atoms with van der Waals surface area (Å²) in [5.74, 6) is -1.31. The summed E-state index contributed by atoms with van der Waals surface area (Å²) < 4.78 is 49.6. The molecule has 86 valence electrons. The summed E-state index contributed by atoms with van der Waals surface area (Å²) in [4.78, 5) is 2.48. The standard InChI is InChI=1S/C9H7F4N3/c10-8-5-6(3-4-15-16-14)1-2-7(8)9(11,12)13/h1-2,5H,3-4H2. The van der Waals surface area contributed by atoms with Gasteiger partial charge in [-0.1, -0.05) is 11.2 Å². The number of rotatable bonds is 3. The van der Waals surface area contributed by atoms with Gasteiger partial charge in [0.15, 0.2) is 0 Å². The van der Waals surface area contributed by atoms with Crippen molar-refractivity contribution in [1.29, 1.82) is 0 Å². The van der Waals surface area contributed by atoms with Crippen LogP contribution >= 0.6 is 0 Å². The summed E-state index contributed by atoms with van der Waals surface area (Å²) in [6.45, 7) is 0.0846. The highest BCUT2D eigenvalue weighted by Crippen LogP contribution is 2.31. The van der Waals surface area contributed by atoms with E-state index >= 15 is 0 Å². The number of hydrogen-bond acceptors (Lipinski definition) is 1. The maximum atomic E-state index is 13.0. The first-order valence-corrected chi connectivity index (χ1v) is 4.31. The van der Waals surface area contributed by atoms with Crippen molar-refractivity contribution in [2.24, 2.45) is 5.11 Å². The van der Waals surface area contributed by atoms with E-state index < -0.39 is 17.6 Å². The Morgan fingerprint density at radius 2 is 2.00 bits per heavy atom. The molecule has 7 heteroatoms. The molecule has 0 radical (unpaired) electrons. The van der Waals surface area contributed by atoms with E-state index in [1.54, 1.807) is 0 Å². The molecule has 0 aromatic heterocycles. The molecule has 0 heterocycles. The minimum absolute atomic E-state index is 0.0846. The van der Waals surface area contributed by atoms with E-state index in [4.69, 9.17) is 5.53 Å². The lowest BCUT2D eigenvalue weighted by Crippen LogP contribution is -2.08. The molecule has 16 heavy (non-hydrogen) atoms. The molecule has 3 nitrogen and oxygen atoms in total. The zero-order valence-electron chi connectivity index (χ0n) is 8.00. The molecule has 0 saturated heterocycles. The van der Waals surface area contributed by atoms with Crippen LogP contribution in [0.3, 0.4) is 0 Å². The lowest BCUT2D eigenvalue weighted by Gasteiger charge is -2.08. The Hall–Kier alpha value is -1.75. The van der Waals surface area contributed by atoms with E-state index in [9.17, 15) is 17.6 Å². The molecule has 0 bridgehead atoms. The van der Waals surface area contributed by atoms with Crippen molar-refractivity contribution in [2.45, 2.75) is 12.6 Å². The van der Waals surface area contributed by atoms with Crippen molar-refractivity contribution < 1.29 is 17.6 Å². The largest absolute Gasteiger partial charge is 0.419 e. The summed E-state index contributed by atoms with van der Waals surface area (Å²) in [5.41, 5.74) is 7.05. The average molecular weight is 233 g/mol. The van der Waals surface area contributed by atoms with Crippen LogP contribution in [0.25, 0.3) is 10.4 Å². The van der Waals surface area contributed by atoms with Gasteiger partial charge < -0.3 is 0 Å². The molecule has 0 saturated carbocycles. The number of benzene rings is 1. The highest BCUT2D eigenvalue weighted by molar-refractivity contribution is 5.26. The predicted molar refractivity (Wildman–Crippen MR) is 49.1 cm³/mol. The smallest absolute Gasteiger partial charge is 0.206 e. The molecule has 0 fully saturated rings. The van der Waals surface area contributed by atoms with Gasteiger partial charge in [-0.25, -0.2) is 4.39 Å². The quantitative estimate of drug-likeness (QED) is 0.331. The van der Waals surface area contributed by atoms with Crippen molar-refractivity contribution in [1.82, 2.24) is 0 Å². The zero-order valence-corrected chi connectivity index (χ0v) is 8.00. The third-order valence-corrected chi connectivity index (χ3v) is 1.90. The van der Waals surface area contributed by atoms with Crippen LogP contribution in [0.4, 0.5) is 17.6 Å². The molecular formula is C9H7F4N3. The molecule has 0 aliphatic rings. The van der Waals surface area contributed by atoms with Gasteiger partial charge in [0.05, 0.1) is 5.56 Å². The molecular weight excluding hydrogens is 226 g/mol. The average Bonchev–Trinajstić information content (AvgIpc) is 2.16. The van der Waals surface area contributed by atoms with Gasteiger partial charge >= 0.3 is 6.18 Å². The van der Waals surface area contributed by atoms with Crippen LogP contribution in [0.2, 0.25) is 0 Å². The molecule has 1 rings (SSSR count). The topological polar surface area (TPSA) is 48.8 Å². The lowest BCUT2D eigenvalue weighted by molar-refractivity contribution is -0.140. The molecule has 0 aliphatic heterocycles. The fraction of sp³-hybridized carbons (Fsp3) is 0.333. The fourth-order valence-electron chi connectivity index (χ4n) is 1.17. The van der Waals surface area contributed by atoms with Crippen LogP contribution < -0.4 is 0 Å². The highest BCUT2D eigenvalue weighted by atomic mass is 19.4. The first kappa shape index (κ1) is 12.3. The first-order chi connectivity index (χ1) is 7.45. The second-order valence-corrected chi connectivity index (χ2v) is 3.02. The summed E-state index contributed by atoms with van der Waals surface area (Å²) in [6.07, 6.45) is -4.48. The van der Waals surface area contributed by atoms with Gasteiger partial charge in [0.2, 0.25) is 0 Å². The summed E-state index contributed by atoms with van der Waals surface area (Å²) in [5, 5.41) is 3.20. The van der Waals surface area contributed by atoms with E-state index in [1.165, 1.54) is 6.07 Å². The van der Waals surface area contributed by atoms with Crippen LogP contribution in [0.5, 0.6) is 0 Å². The maximum Gasteiger partial charge on any atom is 0.419 e. The van der Waals surface area contributed by atoms with Crippen molar-refractivity contribution in [3.63, 3.8) is 0 Å².